The highest BCUT2D eigenvalue weighted by atomic mass is 32.1. The fourth-order valence-corrected chi connectivity index (χ4v) is 2.10. The van der Waals surface area contributed by atoms with Crippen LogP contribution >= 0.6 is 12.2 Å². The summed E-state index contributed by atoms with van der Waals surface area (Å²) in [7, 11) is 1.55. The second kappa shape index (κ2) is 7.53. The van der Waals surface area contributed by atoms with Crippen LogP contribution in [0.1, 0.15) is 25.0 Å². The van der Waals surface area contributed by atoms with Crippen molar-refractivity contribution in [2.75, 3.05) is 12.4 Å². The lowest BCUT2D eigenvalue weighted by molar-refractivity contribution is -0.385. The number of aryl methyl sites for hydroxylation is 2. The number of benzene rings is 1. The summed E-state index contributed by atoms with van der Waals surface area (Å²) < 4.78 is 0. The number of rotatable bonds is 4. The zero-order chi connectivity index (χ0) is 16.0. The minimum Gasteiger partial charge on any atom is -0.370 e. The Morgan fingerprint density at radius 2 is 1.90 bits per heavy atom. The molecule has 21 heavy (non-hydrogen) atoms. The SMILES string of the molecule is CCc1cc([N+](=O)[O-])cc(CC)c1NC(=S)NC(N)=NC. The van der Waals surface area contributed by atoms with Crippen molar-refractivity contribution in [3.63, 3.8) is 0 Å². The third kappa shape index (κ3) is 4.38. The number of thiocarbonyl (C=S) groups is 1. The highest BCUT2D eigenvalue weighted by Crippen LogP contribution is 2.28. The first-order chi connectivity index (χ1) is 9.92. The molecule has 114 valence electrons. The molecule has 0 atom stereocenters. The molecule has 0 radical (unpaired) electrons. The first kappa shape index (κ1) is 16.8. The summed E-state index contributed by atoms with van der Waals surface area (Å²) in [6, 6.07) is 3.11. The molecule has 7 nitrogen and oxygen atoms in total. The summed E-state index contributed by atoms with van der Waals surface area (Å²) in [5.41, 5.74) is 8.09. The van der Waals surface area contributed by atoms with E-state index in [1.54, 1.807) is 19.2 Å². The van der Waals surface area contributed by atoms with Crippen molar-refractivity contribution < 1.29 is 4.92 Å². The predicted octanol–water partition coefficient (Wildman–Crippen LogP) is 1.95. The Balaban J connectivity index is 3.16. The van der Waals surface area contributed by atoms with E-state index < -0.39 is 0 Å². The topological polar surface area (TPSA) is 106 Å². The van der Waals surface area contributed by atoms with Crippen LogP contribution in [0.15, 0.2) is 17.1 Å². The molecule has 1 aromatic carbocycles. The van der Waals surface area contributed by atoms with E-state index in [1.807, 2.05) is 13.8 Å². The average molecular weight is 309 g/mol. The first-order valence-corrected chi connectivity index (χ1v) is 6.94. The molecule has 0 saturated carbocycles. The molecule has 0 spiro atoms. The monoisotopic (exact) mass is 309 g/mol. The van der Waals surface area contributed by atoms with Gasteiger partial charge in [0.2, 0.25) is 0 Å². The van der Waals surface area contributed by atoms with E-state index in [0.717, 1.165) is 16.8 Å². The van der Waals surface area contributed by atoms with Gasteiger partial charge >= 0.3 is 0 Å². The minimum atomic E-state index is -0.388. The molecular weight excluding hydrogens is 290 g/mol. The van der Waals surface area contributed by atoms with Crippen molar-refractivity contribution >= 4 is 34.7 Å². The molecule has 0 saturated heterocycles. The third-order valence-electron chi connectivity index (χ3n) is 2.98. The van der Waals surface area contributed by atoms with E-state index in [2.05, 4.69) is 15.6 Å². The van der Waals surface area contributed by atoms with Crippen LogP contribution in [0.4, 0.5) is 11.4 Å². The van der Waals surface area contributed by atoms with E-state index in [-0.39, 0.29) is 16.6 Å². The lowest BCUT2D eigenvalue weighted by atomic mass is 10.0. The van der Waals surface area contributed by atoms with Crippen LogP contribution in [0.2, 0.25) is 0 Å². The van der Waals surface area contributed by atoms with Crippen molar-refractivity contribution in [2.24, 2.45) is 10.7 Å². The number of anilines is 1. The van der Waals surface area contributed by atoms with Gasteiger partial charge in [-0.1, -0.05) is 13.8 Å². The molecule has 1 rings (SSSR count). The van der Waals surface area contributed by atoms with Crippen LogP contribution in [0.3, 0.4) is 0 Å². The standard InChI is InChI=1S/C13H19N5O2S/c1-4-8-6-10(18(19)20)7-9(5-2)11(8)16-13(21)17-12(14)15-3/h6-7H,4-5H2,1-3H3,(H4,14,15,16,17,21). The van der Waals surface area contributed by atoms with E-state index in [9.17, 15) is 10.1 Å². The largest absolute Gasteiger partial charge is 0.370 e. The number of non-ortho nitro benzene ring substituents is 1. The summed E-state index contributed by atoms with van der Waals surface area (Å²) in [4.78, 5) is 14.3. The van der Waals surface area contributed by atoms with Gasteiger partial charge in [-0.2, -0.15) is 0 Å². The lowest BCUT2D eigenvalue weighted by Crippen LogP contribution is -2.39. The van der Waals surface area contributed by atoms with Gasteiger partial charge < -0.3 is 16.4 Å². The van der Waals surface area contributed by atoms with Crippen LogP contribution in [0.5, 0.6) is 0 Å². The fraction of sp³-hybridized carbons (Fsp3) is 0.385. The Hall–Kier alpha value is -2.22. The Kier molecular flexibility index (Phi) is 6.04. The van der Waals surface area contributed by atoms with E-state index in [1.165, 1.54) is 0 Å². The molecule has 0 aliphatic carbocycles. The van der Waals surface area contributed by atoms with Crippen LogP contribution in [0.25, 0.3) is 0 Å². The summed E-state index contributed by atoms with van der Waals surface area (Å²) in [5, 5.41) is 17.1. The fourth-order valence-electron chi connectivity index (χ4n) is 1.89. The number of nitro benzene ring substituents is 1. The number of nitro groups is 1. The number of hydrogen-bond donors (Lipinski definition) is 3. The molecule has 0 aromatic heterocycles. The molecular formula is C13H19N5O2S. The maximum absolute atomic E-state index is 11.0. The minimum absolute atomic E-state index is 0.0859. The number of hydrogen-bond acceptors (Lipinski definition) is 4. The van der Waals surface area contributed by atoms with Gasteiger partial charge in [0.05, 0.1) is 4.92 Å². The van der Waals surface area contributed by atoms with Crippen LogP contribution < -0.4 is 16.4 Å². The second-order valence-electron chi connectivity index (χ2n) is 4.29. The molecule has 0 bridgehead atoms. The maximum Gasteiger partial charge on any atom is 0.270 e. The maximum atomic E-state index is 11.0. The predicted molar refractivity (Wildman–Crippen MR) is 88.8 cm³/mol. The van der Waals surface area contributed by atoms with Gasteiger partial charge in [-0.25, -0.2) is 0 Å². The lowest BCUT2D eigenvalue weighted by Gasteiger charge is -2.16. The highest BCUT2D eigenvalue weighted by Gasteiger charge is 2.15. The molecule has 0 fully saturated rings. The van der Waals surface area contributed by atoms with E-state index in [4.69, 9.17) is 18.0 Å². The van der Waals surface area contributed by atoms with Crippen LogP contribution in [-0.2, 0) is 12.8 Å². The number of nitrogens with two attached hydrogens (primary N) is 1. The average Bonchev–Trinajstić information content (AvgIpc) is 2.46. The molecule has 0 aliphatic heterocycles. The summed E-state index contributed by atoms with van der Waals surface area (Å²) >= 11 is 5.16. The van der Waals surface area contributed by atoms with Gasteiger partial charge in [0.1, 0.15) is 0 Å². The molecule has 0 heterocycles. The third-order valence-corrected chi connectivity index (χ3v) is 3.18. The molecule has 0 unspecified atom stereocenters. The van der Waals surface area contributed by atoms with Crippen molar-refractivity contribution in [1.29, 1.82) is 0 Å². The normalized spacial score (nSPS) is 11.1. The summed E-state index contributed by atoms with van der Waals surface area (Å²) in [6.07, 6.45) is 1.30. The van der Waals surface area contributed by atoms with Crippen molar-refractivity contribution in [1.82, 2.24) is 5.32 Å². The van der Waals surface area contributed by atoms with Gasteiger partial charge in [-0.15, -0.1) is 0 Å². The van der Waals surface area contributed by atoms with Gasteiger partial charge in [-0.05, 0) is 36.2 Å². The number of nitrogens with one attached hydrogen (secondary N) is 2. The molecule has 0 aliphatic rings. The van der Waals surface area contributed by atoms with Gasteiger partial charge in [0.25, 0.3) is 5.69 Å². The second-order valence-corrected chi connectivity index (χ2v) is 4.70. The first-order valence-electron chi connectivity index (χ1n) is 6.53. The van der Waals surface area contributed by atoms with E-state index >= 15 is 0 Å². The zero-order valence-electron chi connectivity index (χ0n) is 12.3. The Labute approximate surface area is 128 Å². The zero-order valence-corrected chi connectivity index (χ0v) is 13.1. The van der Waals surface area contributed by atoms with Gasteiger partial charge in [0.15, 0.2) is 11.1 Å². The Morgan fingerprint density at radius 1 is 1.38 bits per heavy atom. The van der Waals surface area contributed by atoms with Crippen molar-refractivity contribution in [2.45, 2.75) is 26.7 Å². The smallest absolute Gasteiger partial charge is 0.270 e. The summed E-state index contributed by atoms with van der Waals surface area (Å²) in [6.45, 7) is 3.87. The van der Waals surface area contributed by atoms with Crippen LogP contribution in [0, 0.1) is 10.1 Å². The van der Waals surface area contributed by atoms with Crippen molar-refractivity contribution in [3.05, 3.63) is 33.4 Å². The number of guanidine groups is 1. The quantitative estimate of drug-likeness (QED) is 0.258. The Bertz CT molecular complexity index is 561. The molecule has 1 aromatic rings. The van der Waals surface area contributed by atoms with E-state index in [0.29, 0.717) is 18.0 Å². The molecule has 4 N–H and O–H groups in total. The Morgan fingerprint density at radius 3 is 2.29 bits per heavy atom. The highest BCUT2D eigenvalue weighted by molar-refractivity contribution is 7.80. The van der Waals surface area contributed by atoms with Gasteiger partial charge in [0, 0.05) is 24.9 Å². The van der Waals surface area contributed by atoms with Crippen LogP contribution in [-0.4, -0.2) is 23.0 Å². The molecule has 0 amide bonds. The molecule has 8 heteroatoms. The number of aliphatic imine (C=N–C) groups is 1. The van der Waals surface area contributed by atoms with Crippen molar-refractivity contribution in [3.8, 4) is 0 Å². The number of nitrogens with zero attached hydrogens (tertiary/aromatic N) is 2. The summed E-state index contributed by atoms with van der Waals surface area (Å²) in [5.74, 6) is 0.200. The van der Waals surface area contributed by atoms with Gasteiger partial charge in [-0.3, -0.25) is 15.1 Å².